The zero-order chi connectivity index (χ0) is 20.3. The average Bonchev–Trinajstić information content (AvgIpc) is 3.03. The first kappa shape index (κ1) is 19.3. The third-order valence-corrected chi connectivity index (χ3v) is 4.27. The molecule has 7 heteroatoms. The van der Waals surface area contributed by atoms with E-state index in [1.54, 1.807) is 50.2 Å². The van der Waals surface area contributed by atoms with Crippen LogP contribution in [0.3, 0.4) is 0 Å². The quantitative estimate of drug-likeness (QED) is 0.643. The molecule has 0 saturated heterocycles. The molecule has 3 rings (SSSR count). The highest BCUT2D eigenvalue weighted by Gasteiger charge is 2.19. The van der Waals surface area contributed by atoms with E-state index in [-0.39, 0.29) is 18.3 Å². The van der Waals surface area contributed by atoms with Crippen molar-refractivity contribution in [1.82, 2.24) is 0 Å². The topological polar surface area (TPSA) is 87.0 Å². The Morgan fingerprint density at radius 3 is 2.32 bits per heavy atom. The minimum Gasteiger partial charge on any atom is -0.497 e. The fourth-order valence-corrected chi connectivity index (χ4v) is 2.84. The minimum atomic E-state index is -0.509. The number of methoxy groups -OCH3 is 2. The van der Waals surface area contributed by atoms with Crippen LogP contribution in [-0.2, 0) is 4.74 Å². The average molecular weight is 383 g/mol. The number of benzene rings is 2. The molecule has 3 aromatic rings. The van der Waals surface area contributed by atoms with Crippen LogP contribution in [0.2, 0.25) is 0 Å². The van der Waals surface area contributed by atoms with Crippen molar-refractivity contribution in [3.63, 3.8) is 0 Å². The van der Waals surface area contributed by atoms with E-state index in [0.717, 1.165) is 5.39 Å². The zero-order valence-electron chi connectivity index (χ0n) is 16.1. The van der Waals surface area contributed by atoms with Crippen molar-refractivity contribution < 1.29 is 28.2 Å². The summed E-state index contributed by atoms with van der Waals surface area (Å²) in [5.41, 5.74) is 2.10. The van der Waals surface area contributed by atoms with Crippen LogP contribution in [0.5, 0.6) is 11.5 Å². The number of anilines is 1. The molecule has 0 aliphatic heterocycles. The Morgan fingerprint density at radius 2 is 1.71 bits per heavy atom. The van der Waals surface area contributed by atoms with E-state index >= 15 is 0 Å². The standard InChI is InChI=1S/C21H21NO6/c1-5-27-21(24)19-12(2)17-7-6-14(10-18(17)28-19)22-20(23)13-8-15(25-3)11-16(9-13)26-4/h6-11H,5H2,1-4H3,(H,22,23). The lowest BCUT2D eigenvalue weighted by Gasteiger charge is -2.09. The molecular formula is C21H21NO6. The maximum atomic E-state index is 12.6. The molecular weight excluding hydrogens is 362 g/mol. The summed E-state index contributed by atoms with van der Waals surface area (Å²) in [6, 6.07) is 10.1. The SMILES string of the molecule is CCOC(=O)c1oc2cc(NC(=O)c3cc(OC)cc(OC)c3)ccc2c1C. The summed E-state index contributed by atoms with van der Waals surface area (Å²) in [4.78, 5) is 24.6. The van der Waals surface area contributed by atoms with Gasteiger partial charge >= 0.3 is 5.97 Å². The fourth-order valence-electron chi connectivity index (χ4n) is 2.84. The van der Waals surface area contributed by atoms with Crippen LogP contribution in [0, 0.1) is 6.92 Å². The van der Waals surface area contributed by atoms with E-state index in [0.29, 0.717) is 33.9 Å². The highest BCUT2D eigenvalue weighted by atomic mass is 16.5. The van der Waals surface area contributed by atoms with Gasteiger partial charge in [0.15, 0.2) is 0 Å². The van der Waals surface area contributed by atoms with Crippen molar-refractivity contribution in [2.75, 3.05) is 26.1 Å². The number of rotatable bonds is 6. The largest absolute Gasteiger partial charge is 0.497 e. The number of furan rings is 1. The van der Waals surface area contributed by atoms with Gasteiger partial charge < -0.3 is 23.9 Å². The van der Waals surface area contributed by atoms with Crippen molar-refractivity contribution in [2.24, 2.45) is 0 Å². The molecule has 2 aromatic carbocycles. The molecule has 0 saturated carbocycles. The third kappa shape index (κ3) is 3.78. The summed E-state index contributed by atoms with van der Waals surface area (Å²) in [7, 11) is 3.04. The number of hydrogen-bond donors (Lipinski definition) is 1. The van der Waals surface area contributed by atoms with E-state index in [9.17, 15) is 9.59 Å². The lowest BCUT2D eigenvalue weighted by atomic mass is 10.1. The minimum absolute atomic E-state index is 0.165. The summed E-state index contributed by atoms with van der Waals surface area (Å²) in [5, 5.41) is 3.59. The Hall–Kier alpha value is -3.48. The summed E-state index contributed by atoms with van der Waals surface area (Å²) in [6.45, 7) is 3.79. The van der Waals surface area contributed by atoms with Gasteiger partial charge in [-0.05, 0) is 38.1 Å². The smallest absolute Gasteiger partial charge is 0.374 e. The first-order valence-corrected chi connectivity index (χ1v) is 8.71. The molecule has 0 unspecified atom stereocenters. The van der Waals surface area contributed by atoms with E-state index in [4.69, 9.17) is 18.6 Å². The summed E-state index contributed by atoms with van der Waals surface area (Å²) in [6.07, 6.45) is 0. The highest BCUT2D eigenvalue weighted by molar-refractivity contribution is 6.06. The monoisotopic (exact) mass is 383 g/mol. The molecule has 0 radical (unpaired) electrons. The van der Waals surface area contributed by atoms with Crippen molar-refractivity contribution in [1.29, 1.82) is 0 Å². The van der Waals surface area contributed by atoms with Gasteiger partial charge in [-0.2, -0.15) is 0 Å². The Kier molecular flexibility index (Phi) is 5.54. The predicted molar refractivity (Wildman–Crippen MR) is 104 cm³/mol. The van der Waals surface area contributed by atoms with Gasteiger partial charge in [-0.3, -0.25) is 4.79 Å². The first-order chi connectivity index (χ1) is 13.5. The number of fused-ring (bicyclic) bond motifs is 1. The van der Waals surface area contributed by atoms with Crippen molar-refractivity contribution in [2.45, 2.75) is 13.8 Å². The van der Waals surface area contributed by atoms with Crippen molar-refractivity contribution >= 4 is 28.5 Å². The molecule has 0 spiro atoms. The van der Waals surface area contributed by atoms with Crippen LogP contribution in [0.4, 0.5) is 5.69 Å². The van der Waals surface area contributed by atoms with Gasteiger partial charge in [-0.15, -0.1) is 0 Å². The van der Waals surface area contributed by atoms with Crippen LogP contribution in [0.25, 0.3) is 11.0 Å². The van der Waals surface area contributed by atoms with Crippen LogP contribution < -0.4 is 14.8 Å². The summed E-state index contributed by atoms with van der Waals surface area (Å²) in [5.74, 6) is 0.356. The molecule has 7 nitrogen and oxygen atoms in total. The molecule has 146 valence electrons. The Bertz CT molecular complexity index is 1010. The van der Waals surface area contributed by atoms with Crippen molar-refractivity contribution in [3.05, 3.63) is 53.3 Å². The van der Waals surface area contributed by atoms with Gasteiger partial charge in [0, 0.05) is 34.3 Å². The number of ether oxygens (including phenoxy) is 3. The second-order valence-corrected chi connectivity index (χ2v) is 6.04. The predicted octanol–water partition coefficient (Wildman–Crippen LogP) is 4.19. The van der Waals surface area contributed by atoms with Gasteiger partial charge in [0.25, 0.3) is 5.91 Å². The maximum absolute atomic E-state index is 12.6. The number of carbonyl (C=O) groups is 2. The number of carbonyl (C=O) groups excluding carboxylic acids is 2. The Labute approximate surface area is 162 Å². The van der Waals surface area contributed by atoms with Gasteiger partial charge in [0.2, 0.25) is 5.76 Å². The number of esters is 1. The number of amides is 1. The second-order valence-electron chi connectivity index (χ2n) is 6.04. The first-order valence-electron chi connectivity index (χ1n) is 8.71. The number of aryl methyl sites for hydroxylation is 1. The molecule has 1 amide bonds. The molecule has 1 N–H and O–H groups in total. The molecule has 0 aliphatic rings. The molecule has 0 aliphatic carbocycles. The number of hydrogen-bond acceptors (Lipinski definition) is 6. The Morgan fingerprint density at radius 1 is 1.04 bits per heavy atom. The lowest BCUT2D eigenvalue weighted by Crippen LogP contribution is -2.12. The summed E-state index contributed by atoms with van der Waals surface area (Å²) >= 11 is 0. The third-order valence-electron chi connectivity index (χ3n) is 4.27. The van der Waals surface area contributed by atoms with E-state index < -0.39 is 5.97 Å². The lowest BCUT2D eigenvalue weighted by molar-refractivity contribution is 0.0491. The van der Waals surface area contributed by atoms with Crippen LogP contribution in [-0.4, -0.2) is 32.7 Å². The molecule has 0 fully saturated rings. The highest BCUT2D eigenvalue weighted by Crippen LogP contribution is 2.29. The maximum Gasteiger partial charge on any atom is 0.374 e. The Balaban J connectivity index is 1.88. The van der Waals surface area contributed by atoms with Crippen LogP contribution in [0.15, 0.2) is 40.8 Å². The molecule has 28 heavy (non-hydrogen) atoms. The zero-order valence-corrected chi connectivity index (χ0v) is 16.1. The van der Waals surface area contributed by atoms with Crippen LogP contribution >= 0.6 is 0 Å². The van der Waals surface area contributed by atoms with Gasteiger partial charge in [-0.1, -0.05) is 0 Å². The van der Waals surface area contributed by atoms with Gasteiger partial charge in [0.05, 0.1) is 20.8 Å². The van der Waals surface area contributed by atoms with Gasteiger partial charge in [-0.25, -0.2) is 4.79 Å². The second kappa shape index (κ2) is 8.04. The molecule has 0 atom stereocenters. The van der Waals surface area contributed by atoms with E-state index in [1.807, 2.05) is 0 Å². The van der Waals surface area contributed by atoms with Gasteiger partial charge in [0.1, 0.15) is 17.1 Å². The van der Waals surface area contributed by atoms with Crippen LogP contribution in [0.1, 0.15) is 33.4 Å². The summed E-state index contributed by atoms with van der Waals surface area (Å²) < 4.78 is 21.0. The molecule has 1 aromatic heterocycles. The number of nitrogens with one attached hydrogen (secondary N) is 1. The van der Waals surface area contributed by atoms with Crippen molar-refractivity contribution in [3.8, 4) is 11.5 Å². The fraction of sp³-hybridized carbons (Fsp3) is 0.238. The van der Waals surface area contributed by atoms with E-state index in [2.05, 4.69) is 5.32 Å². The molecule has 1 heterocycles. The molecule has 0 bridgehead atoms. The van der Waals surface area contributed by atoms with E-state index in [1.165, 1.54) is 14.2 Å². The normalized spacial score (nSPS) is 10.6.